The van der Waals surface area contributed by atoms with Crippen molar-refractivity contribution in [3.05, 3.63) is 46.7 Å². The number of aromatic nitrogens is 2. The van der Waals surface area contributed by atoms with Crippen LogP contribution in [-0.2, 0) is 0 Å². The highest BCUT2D eigenvalue weighted by Gasteiger charge is 2.10. The lowest BCUT2D eigenvalue weighted by molar-refractivity contribution is 0.0950. The SMILES string of the molecule is CCN[C@H](C)CNC(=O)c1cnn(-c2cccc(Br)c2)c1.Cl. The molecule has 0 bridgehead atoms. The third-order valence-corrected chi connectivity index (χ3v) is 3.53. The summed E-state index contributed by atoms with van der Waals surface area (Å²) < 4.78 is 2.66. The average molecular weight is 388 g/mol. The summed E-state index contributed by atoms with van der Waals surface area (Å²) in [5.41, 5.74) is 1.46. The number of rotatable bonds is 6. The van der Waals surface area contributed by atoms with Gasteiger partial charge in [0.15, 0.2) is 0 Å². The third-order valence-electron chi connectivity index (χ3n) is 3.04. The van der Waals surface area contributed by atoms with Crippen LogP contribution in [0.25, 0.3) is 5.69 Å². The van der Waals surface area contributed by atoms with Gasteiger partial charge in [-0.1, -0.05) is 28.9 Å². The fraction of sp³-hybridized carbons (Fsp3) is 0.333. The van der Waals surface area contributed by atoms with Crippen LogP contribution in [0.1, 0.15) is 24.2 Å². The van der Waals surface area contributed by atoms with E-state index in [-0.39, 0.29) is 24.4 Å². The van der Waals surface area contributed by atoms with Crippen LogP contribution in [0.5, 0.6) is 0 Å². The van der Waals surface area contributed by atoms with Crippen molar-refractivity contribution in [3.63, 3.8) is 0 Å². The highest BCUT2D eigenvalue weighted by molar-refractivity contribution is 9.10. The van der Waals surface area contributed by atoms with Crippen molar-refractivity contribution in [2.24, 2.45) is 0 Å². The number of benzene rings is 1. The summed E-state index contributed by atoms with van der Waals surface area (Å²) in [7, 11) is 0. The molecule has 0 unspecified atom stereocenters. The van der Waals surface area contributed by atoms with Crippen molar-refractivity contribution >= 4 is 34.2 Å². The molecule has 1 heterocycles. The van der Waals surface area contributed by atoms with E-state index in [0.717, 1.165) is 16.7 Å². The van der Waals surface area contributed by atoms with E-state index in [0.29, 0.717) is 12.1 Å². The van der Waals surface area contributed by atoms with Gasteiger partial charge in [-0.2, -0.15) is 5.10 Å². The lowest BCUT2D eigenvalue weighted by atomic mass is 10.3. The van der Waals surface area contributed by atoms with Gasteiger partial charge in [0.05, 0.1) is 17.4 Å². The number of hydrogen-bond donors (Lipinski definition) is 2. The second kappa shape index (κ2) is 8.92. The Balaban J connectivity index is 0.00000242. The maximum atomic E-state index is 12.1. The Morgan fingerprint density at radius 2 is 2.23 bits per heavy atom. The number of hydrogen-bond acceptors (Lipinski definition) is 3. The van der Waals surface area contributed by atoms with Crippen LogP contribution < -0.4 is 10.6 Å². The van der Waals surface area contributed by atoms with Crippen LogP contribution in [0.3, 0.4) is 0 Å². The van der Waals surface area contributed by atoms with E-state index in [1.165, 1.54) is 0 Å². The standard InChI is InChI=1S/C15H19BrN4O.ClH/c1-3-17-11(2)8-18-15(21)12-9-19-20(10-12)14-6-4-5-13(16)7-14;/h4-7,9-11,17H,3,8H2,1-2H3,(H,18,21);1H/t11-;/m1./s1. The molecule has 22 heavy (non-hydrogen) atoms. The molecule has 7 heteroatoms. The molecule has 1 aromatic heterocycles. The number of carbonyl (C=O) groups excluding carboxylic acids is 1. The van der Waals surface area contributed by atoms with Gasteiger partial charge >= 0.3 is 0 Å². The molecular weight excluding hydrogens is 368 g/mol. The summed E-state index contributed by atoms with van der Waals surface area (Å²) in [5.74, 6) is -0.110. The van der Waals surface area contributed by atoms with Gasteiger partial charge in [0.1, 0.15) is 0 Å². The van der Waals surface area contributed by atoms with Gasteiger partial charge in [-0.25, -0.2) is 4.68 Å². The van der Waals surface area contributed by atoms with E-state index in [1.807, 2.05) is 38.1 Å². The van der Waals surface area contributed by atoms with E-state index in [2.05, 4.69) is 31.7 Å². The number of halogens is 2. The summed E-state index contributed by atoms with van der Waals surface area (Å²) >= 11 is 3.42. The zero-order chi connectivity index (χ0) is 15.2. The predicted molar refractivity (Wildman–Crippen MR) is 94.0 cm³/mol. The van der Waals surface area contributed by atoms with Crippen LogP contribution >= 0.6 is 28.3 Å². The molecule has 0 saturated carbocycles. The normalized spacial score (nSPS) is 11.6. The number of nitrogens with zero attached hydrogens (tertiary/aromatic N) is 2. The van der Waals surface area contributed by atoms with E-state index in [9.17, 15) is 4.79 Å². The molecule has 1 aromatic carbocycles. The van der Waals surface area contributed by atoms with Crippen LogP contribution in [0.4, 0.5) is 0 Å². The molecule has 2 N–H and O–H groups in total. The van der Waals surface area contributed by atoms with Gasteiger partial charge < -0.3 is 10.6 Å². The quantitative estimate of drug-likeness (QED) is 0.801. The molecule has 1 atom stereocenters. The first kappa shape index (κ1) is 18.7. The molecular formula is C15H20BrClN4O. The Morgan fingerprint density at radius 3 is 2.91 bits per heavy atom. The highest BCUT2D eigenvalue weighted by Crippen LogP contribution is 2.15. The fourth-order valence-corrected chi connectivity index (χ4v) is 2.36. The largest absolute Gasteiger partial charge is 0.350 e. The van der Waals surface area contributed by atoms with Crippen molar-refractivity contribution in [2.75, 3.05) is 13.1 Å². The van der Waals surface area contributed by atoms with Crippen LogP contribution in [0, 0.1) is 0 Å². The number of likely N-dealkylation sites (N-methyl/N-ethyl adjacent to an activating group) is 1. The molecule has 0 spiro atoms. The topological polar surface area (TPSA) is 58.9 Å². The summed E-state index contributed by atoms with van der Waals surface area (Å²) in [6.45, 7) is 5.56. The molecule has 1 amide bonds. The summed E-state index contributed by atoms with van der Waals surface area (Å²) in [5, 5.41) is 10.4. The third kappa shape index (κ3) is 5.12. The Labute approximate surface area is 145 Å². The number of nitrogens with one attached hydrogen (secondary N) is 2. The Kier molecular flexibility index (Phi) is 7.58. The lowest BCUT2D eigenvalue weighted by Crippen LogP contribution is -2.38. The zero-order valence-corrected chi connectivity index (χ0v) is 14.9. The van der Waals surface area contributed by atoms with Crippen LogP contribution in [-0.4, -0.2) is 34.8 Å². The predicted octanol–water partition coefficient (Wildman–Crippen LogP) is 2.78. The van der Waals surface area contributed by atoms with Gasteiger partial charge in [-0.3, -0.25) is 4.79 Å². The van der Waals surface area contributed by atoms with Crippen molar-refractivity contribution < 1.29 is 4.79 Å². The minimum atomic E-state index is -0.110. The van der Waals surface area contributed by atoms with Crippen molar-refractivity contribution in [3.8, 4) is 5.69 Å². The zero-order valence-electron chi connectivity index (χ0n) is 12.5. The molecule has 2 aromatic rings. The second-order valence-electron chi connectivity index (χ2n) is 4.82. The molecule has 0 saturated heterocycles. The first-order valence-electron chi connectivity index (χ1n) is 6.92. The van der Waals surface area contributed by atoms with Crippen molar-refractivity contribution in [2.45, 2.75) is 19.9 Å². The van der Waals surface area contributed by atoms with Gasteiger partial charge in [0, 0.05) is 23.3 Å². The number of carbonyl (C=O) groups is 1. The minimum absolute atomic E-state index is 0. The van der Waals surface area contributed by atoms with E-state index < -0.39 is 0 Å². The maximum Gasteiger partial charge on any atom is 0.254 e. The Morgan fingerprint density at radius 1 is 1.45 bits per heavy atom. The second-order valence-corrected chi connectivity index (χ2v) is 5.74. The summed E-state index contributed by atoms with van der Waals surface area (Å²) in [4.78, 5) is 12.1. The fourth-order valence-electron chi connectivity index (χ4n) is 1.97. The molecule has 5 nitrogen and oxygen atoms in total. The molecule has 0 aliphatic heterocycles. The van der Waals surface area contributed by atoms with Crippen molar-refractivity contribution in [1.82, 2.24) is 20.4 Å². The smallest absolute Gasteiger partial charge is 0.254 e. The number of amides is 1. The average Bonchev–Trinajstić information content (AvgIpc) is 2.95. The lowest BCUT2D eigenvalue weighted by Gasteiger charge is -2.12. The summed E-state index contributed by atoms with van der Waals surface area (Å²) in [6, 6.07) is 8.01. The monoisotopic (exact) mass is 386 g/mol. The molecule has 120 valence electrons. The first-order chi connectivity index (χ1) is 10.1. The highest BCUT2D eigenvalue weighted by atomic mass is 79.9. The molecule has 0 aliphatic carbocycles. The van der Waals surface area contributed by atoms with Crippen molar-refractivity contribution in [1.29, 1.82) is 0 Å². The first-order valence-corrected chi connectivity index (χ1v) is 7.71. The van der Waals surface area contributed by atoms with E-state index in [1.54, 1.807) is 17.1 Å². The van der Waals surface area contributed by atoms with Gasteiger partial charge in [0.2, 0.25) is 0 Å². The van der Waals surface area contributed by atoms with Gasteiger partial charge in [0.25, 0.3) is 5.91 Å². The van der Waals surface area contributed by atoms with Crippen LogP contribution in [0.15, 0.2) is 41.1 Å². The van der Waals surface area contributed by atoms with Gasteiger partial charge in [-0.15, -0.1) is 12.4 Å². The van der Waals surface area contributed by atoms with Crippen LogP contribution in [0.2, 0.25) is 0 Å². The molecule has 0 radical (unpaired) electrons. The summed E-state index contributed by atoms with van der Waals surface area (Å²) in [6.07, 6.45) is 3.31. The molecule has 0 aliphatic rings. The minimum Gasteiger partial charge on any atom is -0.350 e. The van der Waals surface area contributed by atoms with E-state index >= 15 is 0 Å². The van der Waals surface area contributed by atoms with Gasteiger partial charge in [-0.05, 0) is 31.7 Å². The molecule has 0 fully saturated rings. The molecule has 2 rings (SSSR count). The van der Waals surface area contributed by atoms with E-state index in [4.69, 9.17) is 0 Å². The Hall–Kier alpha value is -1.37. The Bertz CT molecular complexity index is 617. The maximum absolute atomic E-state index is 12.1.